The van der Waals surface area contributed by atoms with Gasteiger partial charge in [0.2, 0.25) is 0 Å². The normalized spacial score (nSPS) is 10.5. The van der Waals surface area contributed by atoms with Crippen LogP contribution in [0.15, 0.2) is 44.7 Å². The quantitative estimate of drug-likeness (QED) is 0.906. The van der Waals surface area contributed by atoms with Gasteiger partial charge in [0.15, 0.2) is 0 Å². The summed E-state index contributed by atoms with van der Waals surface area (Å²) in [5.41, 5.74) is 1.83. The number of aromatic nitrogens is 1. The van der Waals surface area contributed by atoms with Crippen molar-refractivity contribution in [3.63, 3.8) is 0 Å². The van der Waals surface area contributed by atoms with E-state index in [1.165, 1.54) is 11.8 Å². The average molecular weight is 338 g/mol. The molecule has 19 heavy (non-hydrogen) atoms. The SMILES string of the molecule is Cc1cc(C)c(C(=O)O)c(Sc2cccc(Br)c2)n1. The molecule has 0 spiro atoms. The zero-order valence-corrected chi connectivity index (χ0v) is 12.9. The summed E-state index contributed by atoms with van der Waals surface area (Å²) in [5.74, 6) is -0.942. The Hall–Kier alpha value is -1.33. The predicted octanol–water partition coefficient (Wildman–Crippen LogP) is 4.31. The van der Waals surface area contributed by atoms with Gasteiger partial charge >= 0.3 is 5.97 Å². The molecule has 3 nitrogen and oxygen atoms in total. The number of hydrogen-bond acceptors (Lipinski definition) is 3. The number of carbonyl (C=O) groups is 1. The van der Waals surface area contributed by atoms with Gasteiger partial charge < -0.3 is 5.11 Å². The lowest BCUT2D eigenvalue weighted by atomic mass is 10.1. The highest BCUT2D eigenvalue weighted by Crippen LogP contribution is 2.32. The van der Waals surface area contributed by atoms with Crippen LogP contribution >= 0.6 is 27.7 Å². The van der Waals surface area contributed by atoms with Gasteiger partial charge in [-0.2, -0.15) is 0 Å². The summed E-state index contributed by atoms with van der Waals surface area (Å²) in [7, 11) is 0. The number of aryl methyl sites for hydroxylation is 2. The first-order chi connectivity index (χ1) is 8.97. The van der Waals surface area contributed by atoms with E-state index in [0.717, 1.165) is 20.6 Å². The fourth-order valence-electron chi connectivity index (χ4n) is 1.78. The smallest absolute Gasteiger partial charge is 0.338 e. The maximum Gasteiger partial charge on any atom is 0.338 e. The summed E-state index contributed by atoms with van der Waals surface area (Å²) >= 11 is 4.76. The van der Waals surface area contributed by atoms with Gasteiger partial charge in [-0.1, -0.05) is 33.8 Å². The molecule has 0 unspecified atom stereocenters. The third kappa shape index (κ3) is 3.36. The van der Waals surface area contributed by atoms with E-state index in [1.807, 2.05) is 31.2 Å². The van der Waals surface area contributed by atoms with Crippen LogP contribution in [0.25, 0.3) is 0 Å². The van der Waals surface area contributed by atoms with Crippen molar-refractivity contribution in [1.82, 2.24) is 4.98 Å². The number of halogens is 1. The second kappa shape index (κ2) is 5.75. The minimum atomic E-state index is -0.942. The first kappa shape index (κ1) is 14.1. The molecule has 0 aliphatic rings. The van der Waals surface area contributed by atoms with Crippen LogP contribution < -0.4 is 0 Å². The van der Waals surface area contributed by atoms with E-state index in [0.29, 0.717) is 5.03 Å². The highest BCUT2D eigenvalue weighted by Gasteiger charge is 2.16. The van der Waals surface area contributed by atoms with Crippen LogP contribution in [0.5, 0.6) is 0 Å². The average Bonchev–Trinajstić information content (AvgIpc) is 2.26. The predicted molar refractivity (Wildman–Crippen MR) is 78.9 cm³/mol. The van der Waals surface area contributed by atoms with Crippen molar-refractivity contribution in [1.29, 1.82) is 0 Å². The maximum absolute atomic E-state index is 11.3. The molecule has 2 aromatic rings. The van der Waals surface area contributed by atoms with Crippen LogP contribution in [0.4, 0.5) is 0 Å². The lowest BCUT2D eigenvalue weighted by molar-refractivity contribution is 0.0691. The highest BCUT2D eigenvalue weighted by atomic mass is 79.9. The summed E-state index contributed by atoms with van der Waals surface area (Å²) in [6, 6.07) is 9.50. The second-order valence-electron chi connectivity index (χ2n) is 4.13. The van der Waals surface area contributed by atoms with Crippen LogP contribution in [0.2, 0.25) is 0 Å². The highest BCUT2D eigenvalue weighted by molar-refractivity contribution is 9.10. The molecular weight excluding hydrogens is 326 g/mol. The van der Waals surface area contributed by atoms with Crippen LogP contribution in [-0.2, 0) is 0 Å². The molecule has 5 heteroatoms. The first-order valence-corrected chi connectivity index (χ1v) is 7.23. The van der Waals surface area contributed by atoms with Gasteiger partial charge in [-0.05, 0) is 43.7 Å². The first-order valence-electron chi connectivity index (χ1n) is 5.62. The van der Waals surface area contributed by atoms with Gasteiger partial charge in [0.05, 0.1) is 5.56 Å². The number of hydrogen-bond donors (Lipinski definition) is 1. The monoisotopic (exact) mass is 337 g/mol. The molecule has 1 heterocycles. The fraction of sp³-hybridized carbons (Fsp3) is 0.143. The summed E-state index contributed by atoms with van der Waals surface area (Å²) in [4.78, 5) is 16.6. The number of nitrogens with zero attached hydrogens (tertiary/aromatic N) is 1. The Morgan fingerprint density at radius 1 is 1.32 bits per heavy atom. The number of pyridine rings is 1. The van der Waals surface area contributed by atoms with Crippen LogP contribution in [0.3, 0.4) is 0 Å². The topological polar surface area (TPSA) is 50.2 Å². The largest absolute Gasteiger partial charge is 0.478 e. The Kier molecular flexibility index (Phi) is 4.27. The van der Waals surface area contributed by atoms with E-state index in [9.17, 15) is 9.90 Å². The van der Waals surface area contributed by atoms with Crippen molar-refractivity contribution in [3.05, 3.63) is 51.6 Å². The van der Waals surface area contributed by atoms with Gasteiger partial charge in [-0.25, -0.2) is 9.78 Å². The minimum Gasteiger partial charge on any atom is -0.478 e. The third-order valence-corrected chi connectivity index (χ3v) is 4.01. The molecule has 0 saturated carbocycles. The summed E-state index contributed by atoms with van der Waals surface area (Å²) in [6.07, 6.45) is 0. The number of benzene rings is 1. The van der Waals surface area contributed by atoms with E-state index in [2.05, 4.69) is 20.9 Å². The Labute approximate surface area is 124 Å². The molecule has 1 aromatic carbocycles. The van der Waals surface area contributed by atoms with Crippen LogP contribution in [0.1, 0.15) is 21.6 Å². The molecule has 0 radical (unpaired) electrons. The molecule has 1 N–H and O–H groups in total. The zero-order valence-electron chi connectivity index (χ0n) is 10.5. The number of carboxylic acid groups (broad SMARTS) is 1. The lowest BCUT2D eigenvalue weighted by Gasteiger charge is -2.09. The lowest BCUT2D eigenvalue weighted by Crippen LogP contribution is -2.05. The summed E-state index contributed by atoms with van der Waals surface area (Å²) in [5, 5.41) is 9.84. The minimum absolute atomic E-state index is 0.274. The molecule has 0 bridgehead atoms. The number of carboxylic acids is 1. The molecule has 98 valence electrons. The van der Waals surface area contributed by atoms with Crippen molar-refractivity contribution < 1.29 is 9.90 Å². The molecule has 0 fully saturated rings. The molecular formula is C14H12BrNO2S. The van der Waals surface area contributed by atoms with Crippen molar-refractivity contribution in [3.8, 4) is 0 Å². The molecule has 2 rings (SSSR count). The van der Waals surface area contributed by atoms with E-state index in [4.69, 9.17) is 0 Å². The van der Waals surface area contributed by atoms with Gasteiger partial charge in [-0.3, -0.25) is 0 Å². The summed E-state index contributed by atoms with van der Waals surface area (Å²) in [6.45, 7) is 3.66. The van der Waals surface area contributed by atoms with Crippen molar-refractivity contribution in [2.45, 2.75) is 23.8 Å². The van der Waals surface area contributed by atoms with Gasteiger partial charge in [0.25, 0.3) is 0 Å². The Morgan fingerprint density at radius 3 is 2.68 bits per heavy atom. The van der Waals surface area contributed by atoms with E-state index in [-0.39, 0.29) is 5.56 Å². The number of aromatic carboxylic acids is 1. The number of rotatable bonds is 3. The second-order valence-corrected chi connectivity index (χ2v) is 6.10. The van der Waals surface area contributed by atoms with E-state index in [1.54, 1.807) is 13.0 Å². The van der Waals surface area contributed by atoms with Crippen molar-refractivity contribution in [2.75, 3.05) is 0 Å². The van der Waals surface area contributed by atoms with Crippen LogP contribution in [-0.4, -0.2) is 16.1 Å². The molecule has 1 aromatic heterocycles. The fourth-order valence-corrected chi connectivity index (χ4v) is 3.43. The Bertz CT molecular complexity index is 643. The maximum atomic E-state index is 11.3. The van der Waals surface area contributed by atoms with Gasteiger partial charge in [0, 0.05) is 15.1 Å². The van der Waals surface area contributed by atoms with E-state index >= 15 is 0 Å². The zero-order chi connectivity index (χ0) is 14.0. The molecule has 0 amide bonds. The van der Waals surface area contributed by atoms with Gasteiger partial charge in [-0.15, -0.1) is 0 Å². The molecule has 0 aliphatic carbocycles. The van der Waals surface area contributed by atoms with Crippen molar-refractivity contribution >= 4 is 33.7 Å². The van der Waals surface area contributed by atoms with Crippen molar-refractivity contribution in [2.24, 2.45) is 0 Å². The summed E-state index contributed by atoms with van der Waals surface area (Å²) < 4.78 is 0.957. The van der Waals surface area contributed by atoms with Gasteiger partial charge in [0.1, 0.15) is 5.03 Å². The molecule has 0 saturated heterocycles. The Morgan fingerprint density at radius 2 is 2.05 bits per heavy atom. The van der Waals surface area contributed by atoms with Crippen LogP contribution in [0, 0.1) is 13.8 Å². The third-order valence-electron chi connectivity index (χ3n) is 2.54. The Balaban J connectivity index is 2.47. The standard InChI is InChI=1S/C14H12BrNO2S/c1-8-6-9(2)16-13(12(8)14(17)18)19-11-5-3-4-10(15)7-11/h3-7H,1-2H3,(H,17,18). The molecule has 0 aliphatic heterocycles. The molecule has 0 atom stereocenters. The van der Waals surface area contributed by atoms with E-state index < -0.39 is 5.97 Å².